The monoisotopic (exact) mass is 433 g/mol. The van der Waals surface area contributed by atoms with E-state index in [9.17, 15) is 9.59 Å². The summed E-state index contributed by atoms with van der Waals surface area (Å²) in [6.07, 6.45) is 1.43. The molecule has 0 spiro atoms. The number of benzene rings is 2. The summed E-state index contributed by atoms with van der Waals surface area (Å²) in [7, 11) is 0. The van der Waals surface area contributed by atoms with Crippen LogP contribution >= 0.6 is 11.3 Å². The fourth-order valence-corrected chi connectivity index (χ4v) is 5.01. The van der Waals surface area contributed by atoms with E-state index in [0.717, 1.165) is 33.0 Å². The summed E-state index contributed by atoms with van der Waals surface area (Å²) in [6.45, 7) is 1.84. The predicted octanol–water partition coefficient (Wildman–Crippen LogP) is 4.80. The van der Waals surface area contributed by atoms with Gasteiger partial charge in [0, 0.05) is 10.4 Å². The molecule has 1 aliphatic rings. The van der Waals surface area contributed by atoms with Gasteiger partial charge in [-0.25, -0.2) is 4.98 Å². The third-order valence-electron chi connectivity index (χ3n) is 4.79. The van der Waals surface area contributed by atoms with Crippen molar-refractivity contribution in [2.24, 2.45) is 8.73 Å². The Balaban J connectivity index is 1.49. The van der Waals surface area contributed by atoms with Gasteiger partial charge >= 0.3 is 0 Å². The molecule has 2 aromatic heterocycles. The predicted molar refractivity (Wildman–Crippen MR) is 121 cm³/mol. The summed E-state index contributed by atoms with van der Waals surface area (Å²) in [5, 5.41) is 3.37. The highest BCUT2D eigenvalue weighted by Crippen LogP contribution is 2.38. The summed E-state index contributed by atoms with van der Waals surface area (Å²) < 4.78 is 9.74. The second kappa shape index (κ2) is 7.43. The Hall–Kier alpha value is -3.43. The average Bonchev–Trinajstić information content (AvgIpc) is 3.36. The molecule has 0 aliphatic carbocycles. The molecule has 1 N–H and O–H groups in total. The van der Waals surface area contributed by atoms with Crippen molar-refractivity contribution in [3.8, 4) is 11.1 Å². The van der Waals surface area contributed by atoms with Gasteiger partial charge in [-0.3, -0.25) is 14.2 Å². The molecule has 2 aromatic carbocycles. The van der Waals surface area contributed by atoms with Crippen molar-refractivity contribution < 1.29 is 4.79 Å². The fraction of sp³-hybridized carbons (Fsp3) is 0.0952. The van der Waals surface area contributed by atoms with Crippen LogP contribution in [-0.4, -0.2) is 15.5 Å². The second-order valence-electron chi connectivity index (χ2n) is 6.74. The van der Waals surface area contributed by atoms with Crippen LogP contribution in [-0.2, 0) is 22.7 Å². The molecule has 1 amide bonds. The SMILES string of the molecule is Cc1sc2ncn(CC(=O)Nc3cccc4c3N=S=N4)c(=O)c2c1-c1ccccc1. The van der Waals surface area contributed by atoms with Crippen LogP contribution in [0.15, 0.2) is 68.4 Å². The van der Waals surface area contributed by atoms with Gasteiger partial charge in [-0.2, -0.15) is 8.73 Å². The number of fused-ring (bicyclic) bond motifs is 2. The van der Waals surface area contributed by atoms with Crippen LogP contribution < -0.4 is 10.9 Å². The van der Waals surface area contributed by atoms with Gasteiger partial charge < -0.3 is 5.32 Å². The number of nitrogens with one attached hydrogen (secondary N) is 1. The third kappa shape index (κ3) is 3.17. The first kappa shape index (κ1) is 18.6. The van der Waals surface area contributed by atoms with E-state index in [0.29, 0.717) is 21.6 Å². The lowest BCUT2D eigenvalue weighted by Crippen LogP contribution is -2.27. The minimum atomic E-state index is -0.327. The Bertz CT molecular complexity index is 1430. The zero-order valence-corrected chi connectivity index (χ0v) is 17.5. The molecule has 5 rings (SSSR count). The molecule has 1 aliphatic heterocycles. The zero-order valence-electron chi connectivity index (χ0n) is 15.8. The highest BCUT2D eigenvalue weighted by molar-refractivity contribution is 7.58. The van der Waals surface area contributed by atoms with Crippen LogP contribution in [0.25, 0.3) is 21.3 Å². The molecule has 148 valence electrons. The van der Waals surface area contributed by atoms with Crippen molar-refractivity contribution in [1.29, 1.82) is 0 Å². The number of carbonyl (C=O) groups excluding carboxylic acids is 1. The van der Waals surface area contributed by atoms with Crippen molar-refractivity contribution in [2.75, 3.05) is 5.32 Å². The summed E-state index contributed by atoms with van der Waals surface area (Å²) >= 11 is 2.57. The minimum Gasteiger partial charge on any atom is -0.323 e. The molecule has 7 nitrogen and oxygen atoms in total. The Morgan fingerprint density at radius 1 is 1.10 bits per heavy atom. The molecule has 9 heteroatoms. The largest absolute Gasteiger partial charge is 0.323 e. The van der Waals surface area contributed by atoms with E-state index in [2.05, 4.69) is 19.0 Å². The summed E-state index contributed by atoms with van der Waals surface area (Å²) in [5.41, 5.74) is 3.54. The Labute approximate surface area is 178 Å². The summed E-state index contributed by atoms with van der Waals surface area (Å²) in [4.78, 5) is 32.0. The van der Waals surface area contributed by atoms with Crippen LogP contribution in [0.1, 0.15) is 4.88 Å². The first-order chi connectivity index (χ1) is 14.6. The van der Waals surface area contributed by atoms with Gasteiger partial charge in [0.1, 0.15) is 22.7 Å². The Morgan fingerprint density at radius 2 is 1.93 bits per heavy atom. The maximum atomic E-state index is 13.2. The molecule has 0 bridgehead atoms. The molecule has 0 radical (unpaired) electrons. The van der Waals surface area contributed by atoms with E-state index in [1.807, 2.05) is 43.3 Å². The van der Waals surface area contributed by atoms with E-state index >= 15 is 0 Å². The quantitative estimate of drug-likeness (QED) is 0.442. The number of carbonyl (C=O) groups is 1. The number of amides is 1. The molecule has 0 saturated carbocycles. The Morgan fingerprint density at radius 3 is 2.77 bits per heavy atom. The van der Waals surface area contributed by atoms with Gasteiger partial charge in [0.05, 0.1) is 28.8 Å². The van der Waals surface area contributed by atoms with Gasteiger partial charge in [-0.15, -0.1) is 11.3 Å². The normalized spacial score (nSPS) is 12.0. The number of rotatable bonds is 4. The van der Waals surface area contributed by atoms with Crippen LogP contribution in [0.2, 0.25) is 0 Å². The number of nitrogens with zero attached hydrogens (tertiary/aromatic N) is 4. The number of aryl methyl sites for hydroxylation is 1. The highest BCUT2D eigenvalue weighted by atomic mass is 32.1. The topological polar surface area (TPSA) is 88.7 Å². The standard InChI is InChI=1S/C21H15N5O2S2/c1-12-17(13-6-3-2-4-7-13)18-20(29-12)22-11-26(21(18)28)10-16(27)23-14-8-5-9-15-19(14)25-30-24-15/h2-9,11H,10H2,1H3,(H,23,27). The van der Waals surface area contributed by atoms with Crippen molar-refractivity contribution in [2.45, 2.75) is 13.5 Å². The van der Waals surface area contributed by atoms with Crippen LogP contribution in [0, 0.1) is 6.92 Å². The van der Waals surface area contributed by atoms with E-state index in [4.69, 9.17) is 0 Å². The van der Waals surface area contributed by atoms with Crippen molar-refractivity contribution in [3.05, 3.63) is 70.1 Å². The van der Waals surface area contributed by atoms with Crippen LogP contribution in [0.3, 0.4) is 0 Å². The van der Waals surface area contributed by atoms with Gasteiger partial charge in [0.2, 0.25) is 5.91 Å². The van der Waals surface area contributed by atoms with E-state index < -0.39 is 0 Å². The van der Waals surface area contributed by atoms with Crippen molar-refractivity contribution in [3.63, 3.8) is 0 Å². The molecule has 3 heterocycles. The lowest BCUT2D eigenvalue weighted by Gasteiger charge is -2.09. The maximum absolute atomic E-state index is 13.2. The maximum Gasteiger partial charge on any atom is 0.263 e. The average molecular weight is 434 g/mol. The molecular weight excluding hydrogens is 418 g/mol. The van der Waals surface area contributed by atoms with Crippen molar-refractivity contribution in [1.82, 2.24) is 9.55 Å². The molecule has 30 heavy (non-hydrogen) atoms. The smallest absolute Gasteiger partial charge is 0.263 e. The van der Waals surface area contributed by atoms with Gasteiger partial charge in [0.15, 0.2) is 0 Å². The van der Waals surface area contributed by atoms with Crippen molar-refractivity contribution >= 4 is 55.9 Å². The number of hydrogen-bond acceptors (Lipinski definition) is 6. The van der Waals surface area contributed by atoms with E-state index in [1.54, 1.807) is 12.1 Å². The van der Waals surface area contributed by atoms with Gasteiger partial charge in [-0.05, 0) is 24.6 Å². The second-order valence-corrected chi connectivity index (χ2v) is 8.47. The minimum absolute atomic E-state index is 0.140. The van der Waals surface area contributed by atoms with E-state index in [-0.39, 0.29) is 18.0 Å². The van der Waals surface area contributed by atoms with Gasteiger partial charge in [0.25, 0.3) is 5.56 Å². The van der Waals surface area contributed by atoms with Crippen LogP contribution in [0.5, 0.6) is 0 Å². The molecule has 0 saturated heterocycles. The number of anilines is 1. The molecule has 0 unspecified atom stereocenters. The third-order valence-corrected chi connectivity index (χ3v) is 6.35. The molecule has 0 atom stereocenters. The lowest BCUT2D eigenvalue weighted by molar-refractivity contribution is -0.116. The Kier molecular flexibility index (Phi) is 4.61. The van der Waals surface area contributed by atoms with Crippen LogP contribution in [0.4, 0.5) is 17.1 Å². The first-order valence-electron chi connectivity index (χ1n) is 9.17. The molecule has 4 aromatic rings. The zero-order chi connectivity index (χ0) is 20.7. The number of hydrogen-bond donors (Lipinski definition) is 1. The summed E-state index contributed by atoms with van der Waals surface area (Å²) in [5.74, 6) is -0.327. The lowest BCUT2D eigenvalue weighted by atomic mass is 10.0. The highest BCUT2D eigenvalue weighted by Gasteiger charge is 2.18. The molecular formula is C21H15N5O2S2. The number of thiophene rings is 1. The van der Waals surface area contributed by atoms with E-state index in [1.165, 1.54) is 22.2 Å². The summed E-state index contributed by atoms with van der Waals surface area (Å²) in [6, 6.07) is 15.2. The molecule has 0 fully saturated rings. The first-order valence-corrected chi connectivity index (χ1v) is 10.7. The number of aromatic nitrogens is 2. The van der Waals surface area contributed by atoms with Gasteiger partial charge in [-0.1, -0.05) is 36.4 Å². The fourth-order valence-electron chi connectivity index (χ4n) is 3.45.